The number of anilines is 1. The smallest absolute Gasteiger partial charge is 0.331 e. The van der Waals surface area contributed by atoms with E-state index in [1.54, 1.807) is 23.6 Å². The molecular formula is C27H27Cl2FN2O5S. The lowest BCUT2D eigenvalue weighted by Crippen LogP contribution is -2.12. The number of benzene rings is 2. The van der Waals surface area contributed by atoms with Gasteiger partial charge in [0.25, 0.3) is 5.91 Å². The van der Waals surface area contributed by atoms with Crippen molar-refractivity contribution in [2.24, 2.45) is 0 Å². The number of aliphatic carboxylic acids is 1. The third-order valence-electron chi connectivity index (χ3n) is 5.41. The van der Waals surface area contributed by atoms with Crippen molar-refractivity contribution < 1.29 is 28.6 Å². The maximum atomic E-state index is 15.1. The van der Waals surface area contributed by atoms with Crippen LogP contribution in [0.4, 0.5) is 9.52 Å². The number of amides is 1. The van der Waals surface area contributed by atoms with E-state index in [1.807, 2.05) is 6.92 Å². The largest absolute Gasteiger partial charge is 0.478 e. The lowest BCUT2D eigenvalue weighted by Gasteiger charge is -2.09. The number of unbranched alkanes of at least 4 members (excludes halogenated alkanes) is 1. The number of nitrogens with one attached hydrogen (secondary N) is 1. The topological polar surface area (TPSA) is 97.8 Å². The molecule has 0 spiro atoms. The molecule has 38 heavy (non-hydrogen) atoms. The predicted octanol–water partition coefficient (Wildman–Crippen LogP) is 7.33. The highest BCUT2D eigenvalue weighted by molar-refractivity contribution is 7.14. The number of ether oxygens (including phenoxy) is 2. The highest BCUT2D eigenvalue weighted by atomic mass is 35.5. The first-order valence-corrected chi connectivity index (χ1v) is 13.5. The molecular weight excluding hydrogens is 554 g/mol. The zero-order chi connectivity index (χ0) is 27.7. The molecule has 0 aliphatic rings. The molecule has 0 aliphatic carbocycles. The van der Waals surface area contributed by atoms with E-state index in [2.05, 4.69) is 10.3 Å². The summed E-state index contributed by atoms with van der Waals surface area (Å²) in [5, 5.41) is 13.9. The van der Waals surface area contributed by atoms with Crippen LogP contribution in [0.5, 0.6) is 0 Å². The molecule has 0 unspecified atom stereocenters. The van der Waals surface area contributed by atoms with Crippen molar-refractivity contribution in [2.45, 2.75) is 33.3 Å². The summed E-state index contributed by atoms with van der Waals surface area (Å²) in [4.78, 5) is 28.2. The standard InChI is InChI=1S/C27H27Cl2FN2O5S/c1-3-36-9-4-5-10-37-14-17-7-6-8-19(24(17)30)23-15-38-27(31-23)32-25(33)18-12-21(28)20(22(29)13-18)11-16(2)26(34)35/h6-8,11-13,15H,3-5,9-10,14H2,1-2H3,(H,34,35)(H,31,32,33)/b16-11+. The fourth-order valence-corrected chi connectivity index (χ4v) is 4.68. The molecule has 1 aromatic heterocycles. The number of aromatic nitrogens is 1. The Morgan fingerprint density at radius 2 is 1.84 bits per heavy atom. The average Bonchev–Trinajstić information content (AvgIpc) is 3.34. The zero-order valence-corrected chi connectivity index (χ0v) is 23.2. The van der Waals surface area contributed by atoms with Crippen molar-refractivity contribution in [1.29, 1.82) is 0 Å². The van der Waals surface area contributed by atoms with Gasteiger partial charge in [0.2, 0.25) is 0 Å². The molecule has 3 aromatic rings. The SMILES string of the molecule is CCOCCCCOCc1cccc(-c2csc(NC(=O)c3cc(Cl)c(/C=C(\C)C(=O)O)c(Cl)c3)n2)c1F. The van der Waals surface area contributed by atoms with E-state index in [-0.39, 0.29) is 32.9 Å². The molecule has 0 saturated heterocycles. The lowest BCUT2D eigenvalue weighted by molar-refractivity contribution is -0.132. The summed E-state index contributed by atoms with van der Waals surface area (Å²) < 4.78 is 26.0. The van der Waals surface area contributed by atoms with Crippen LogP contribution in [0.25, 0.3) is 17.3 Å². The summed E-state index contributed by atoms with van der Waals surface area (Å²) in [6, 6.07) is 7.79. The number of carbonyl (C=O) groups is 2. The monoisotopic (exact) mass is 580 g/mol. The van der Waals surface area contributed by atoms with Gasteiger partial charge in [-0.15, -0.1) is 11.3 Å². The third kappa shape index (κ3) is 8.09. The molecule has 0 aliphatic heterocycles. The van der Waals surface area contributed by atoms with Crippen molar-refractivity contribution >= 4 is 57.6 Å². The fourth-order valence-electron chi connectivity index (χ4n) is 3.38. The number of nitrogens with zero attached hydrogens (tertiary/aromatic N) is 1. The highest BCUT2D eigenvalue weighted by Crippen LogP contribution is 2.31. The van der Waals surface area contributed by atoms with Gasteiger partial charge in [-0.2, -0.15) is 0 Å². The molecule has 7 nitrogen and oxygen atoms in total. The van der Waals surface area contributed by atoms with Crippen LogP contribution in [0.3, 0.4) is 0 Å². The number of carbonyl (C=O) groups excluding carboxylic acids is 1. The van der Waals surface area contributed by atoms with Gasteiger partial charge in [-0.1, -0.05) is 35.3 Å². The Morgan fingerprint density at radius 3 is 2.50 bits per heavy atom. The minimum atomic E-state index is -1.11. The van der Waals surface area contributed by atoms with E-state index in [1.165, 1.54) is 25.1 Å². The Balaban J connectivity index is 1.66. The van der Waals surface area contributed by atoms with E-state index in [0.717, 1.165) is 24.2 Å². The van der Waals surface area contributed by atoms with Crippen LogP contribution in [0.2, 0.25) is 10.0 Å². The first-order chi connectivity index (χ1) is 18.2. The quantitative estimate of drug-likeness (QED) is 0.162. The number of rotatable bonds is 13. The van der Waals surface area contributed by atoms with Gasteiger partial charge in [0, 0.05) is 53.0 Å². The van der Waals surface area contributed by atoms with E-state index in [4.69, 9.17) is 37.8 Å². The van der Waals surface area contributed by atoms with Gasteiger partial charge in [0.05, 0.1) is 22.3 Å². The number of carboxylic acids is 1. The van der Waals surface area contributed by atoms with Crippen molar-refractivity contribution in [2.75, 3.05) is 25.1 Å². The summed E-state index contributed by atoms with van der Waals surface area (Å²) in [6.45, 7) is 5.37. The maximum absolute atomic E-state index is 15.1. The Kier molecular flexibility index (Phi) is 11.2. The summed E-state index contributed by atoms with van der Waals surface area (Å²) in [5.41, 5.74) is 1.60. The molecule has 2 N–H and O–H groups in total. The Hall–Kier alpha value is -2.82. The average molecular weight is 581 g/mol. The molecule has 3 rings (SSSR count). The van der Waals surface area contributed by atoms with Crippen molar-refractivity contribution in [3.63, 3.8) is 0 Å². The van der Waals surface area contributed by atoms with Crippen LogP contribution in [-0.2, 0) is 20.9 Å². The number of halogens is 3. The zero-order valence-electron chi connectivity index (χ0n) is 20.9. The van der Waals surface area contributed by atoms with Crippen LogP contribution in [-0.4, -0.2) is 41.8 Å². The van der Waals surface area contributed by atoms with E-state index in [9.17, 15) is 9.59 Å². The molecule has 1 amide bonds. The lowest BCUT2D eigenvalue weighted by atomic mass is 10.1. The maximum Gasteiger partial charge on any atom is 0.331 e. The number of hydrogen-bond acceptors (Lipinski definition) is 6. The van der Waals surface area contributed by atoms with Gasteiger partial charge in [-0.3, -0.25) is 10.1 Å². The van der Waals surface area contributed by atoms with E-state index in [0.29, 0.717) is 42.2 Å². The Morgan fingerprint density at radius 1 is 1.16 bits per heavy atom. The highest BCUT2D eigenvalue weighted by Gasteiger charge is 2.17. The van der Waals surface area contributed by atoms with Gasteiger partial charge in [0.1, 0.15) is 5.82 Å². The molecule has 0 radical (unpaired) electrons. The van der Waals surface area contributed by atoms with E-state index < -0.39 is 17.7 Å². The minimum absolute atomic E-state index is 0.0432. The van der Waals surface area contributed by atoms with Crippen LogP contribution in [0.1, 0.15) is 48.2 Å². The second-order valence-corrected chi connectivity index (χ2v) is 9.89. The van der Waals surface area contributed by atoms with Crippen molar-refractivity contribution in [3.05, 3.63) is 73.8 Å². The second kappa shape index (κ2) is 14.4. The van der Waals surface area contributed by atoms with Crippen LogP contribution in [0, 0.1) is 5.82 Å². The normalized spacial score (nSPS) is 11.6. The van der Waals surface area contributed by atoms with Gasteiger partial charge < -0.3 is 14.6 Å². The van der Waals surface area contributed by atoms with Crippen LogP contribution in [0.15, 0.2) is 41.3 Å². The first kappa shape index (κ1) is 29.7. The van der Waals surface area contributed by atoms with Crippen molar-refractivity contribution in [3.8, 4) is 11.3 Å². The third-order valence-corrected chi connectivity index (χ3v) is 6.79. The van der Waals surface area contributed by atoms with Gasteiger partial charge >= 0.3 is 5.97 Å². The fraction of sp³-hybridized carbons (Fsp3) is 0.296. The number of thiazole rings is 1. The molecule has 0 fully saturated rings. The van der Waals surface area contributed by atoms with Crippen LogP contribution < -0.4 is 5.32 Å². The van der Waals surface area contributed by atoms with Gasteiger partial charge in [0.15, 0.2) is 5.13 Å². The van der Waals surface area contributed by atoms with Crippen molar-refractivity contribution in [1.82, 2.24) is 4.98 Å². The van der Waals surface area contributed by atoms with Crippen LogP contribution >= 0.6 is 34.5 Å². The summed E-state index contributed by atoms with van der Waals surface area (Å²) >= 11 is 13.6. The molecule has 2 aromatic carbocycles. The molecule has 1 heterocycles. The predicted molar refractivity (Wildman–Crippen MR) is 149 cm³/mol. The Bertz CT molecular complexity index is 1310. The van der Waals surface area contributed by atoms with E-state index >= 15 is 4.39 Å². The van der Waals surface area contributed by atoms with Gasteiger partial charge in [-0.25, -0.2) is 14.2 Å². The number of carboxylic acid groups (broad SMARTS) is 1. The minimum Gasteiger partial charge on any atom is -0.478 e. The molecule has 202 valence electrons. The van der Waals surface area contributed by atoms with Gasteiger partial charge in [-0.05, 0) is 51.0 Å². The molecule has 0 saturated carbocycles. The molecule has 11 heteroatoms. The first-order valence-electron chi connectivity index (χ1n) is 11.8. The Labute approximate surface area is 234 Å². The summed E-state index contributed by atoms with van der Waals surface area (Å²) in [7, 11) is 0. The summed E-state index contributed by atoms with van der Waals surface area (Å²) in [6.07, 6.45) is 3.04. The number of hydrogen-bond donors (Lipinski definition) is 2. The second-order valence-electron chi connectivity index (χ2n) is 8.21. The molecule has 0 atom stereocenters. The summed E-state index contributed by atoms with van der Waals surface area (Å²) in [5.74, 6) is -2.06. The molecule has 0 bridgehead atoms.